The third-order valence-corrected chi connectivity index (χ3v) is 7.26. The number of rotatable bonds is 6. The SMILES string of the molecule is N[C@@H]1CCN(S(=O)(=O)c2cccc3c(=O)n(COC(=O)Cc4ccccc4)ccc23)C1. The van der Waals surface area contributed by atoms with Crippen molar-refractivity contribution in [3.05, 3.63) is 76.7 Å². The highest BCUT2D eigenvalue weighted by molar-refractivity contribution is 7.89. The fraction of sp³-hybridized carbons (Fsp3) is 0.273. The van der Waals surface area contributed by atoms with Crippen molar-refractivity contribution >= 4 is 26.8 Å². The summed E-state index contributed by atoms with van der Waals surface area (Å²) >= 11 is 0. The van der Waals surface area contributed by atoms with Crippen LogP contribution in [0, 0.1) is 0 Å². The largest absolute Gasteiger partial charge is 0.444 e. The van der Waals surface area contributed by atoms with Crippen molar-refractivity contribution in [3.8, 4) is 0 Å². The van der Waals surface area contributed by atoms with Crippen molar-refractivity contribution in [1.82, 2.24) is 8.87 Å². The van der Waals surface area contributed by atoms with E-state index in [0.717, 1.165) is 5.56 Å². The molecule has 2 N–H and O–H groups in total. The van der Waals surface area contributed by atoms with E-state index < -0.39 is 21.6 Å². The second-order valence-corrected chi connectivity index (χ2v) is 9.43. The van der Waals surface area contributed by atoms with E-state index in [1.54, 1.807) is 18.2 Å². The Balaban J connectivity index is 1.57. The minimum absolute atomic E-state index is 0.0735. The number of pyridine rings is 1. The van der Waals surface area contributed by atoms with Crippen molar-refractivity contribution in [2.45, 2.75) is 30.5 Å². The molecule has 0 amide bonds. The number of carbonyl (C=O) groups excluding carboxylic acids is 1. The maximum absolute atomic E-state index is 13.1. The number of carbonyl (C=O) groups is 1. The summed E-state index contributed by atoms with van der Waals surface area (Å²) in [6, 6.07) is 15.1. The van der Waals surface area contributed by atoms with Crippen molar-refractivity contribution in [2.24, 2.45) is 5.73 Å². The van der Waals surface area contributed by atoms with Gasteiger partial charge in [-0.1, -0.05) is 36.4 Å². The maximum atomic E-state index is 13.1. The molecule has 9 heteroatoms. The molecule has 1 aliphatic heterocycles. The highest BCUT2D eigenvalue weighted by Crippen LogP contribution is 2.26. The third kappa shape index (κ3) is 4.39. The van der Waals surface area contributed by atoms with Gasteiger partial charge in [0.1, 0.15) is 0 Å². The lowest BCUT2D eigenvalue weighted by atomic mass is 10.2. The summed E-state index contributed by atoms with van der Waals surface area (Å²) in [5.41, 5.74) is 6.25. The van der Waals surface area contributed by atoms with Gasteiger partial charge in [-0.2, -0.15) is 4.31 Å². The van der Waals surface area contributed by atoms with Crippen LogP contribution >= 0.6 is 0 Å². The van der Waals surface area contributed by atoms with Gasteiger partial charge in [-0.05, 0) is 30.2 Å². The normalized spacial score (nSPS) is 17.1. The van der Waals surface area contributed by atoms with Crippen LogP contribution in [-0.2, 0) is 32.7 Å². The highest BCUT2D eigenvalue weighted by Gasteiger charge is 2.32. The van der Waals surface area contributed by atoms with Crippen molar-refractivity contribution in [3.63, 3.8) is 0 Å². The summed E-state index contributed by atoms with van der Waals surface area (Å²) < 4.78 is 34.0. The molecule has 0 unspecified atom stereocenters. The second kappa shape index (κ2) is 8.62. The van der Waals surface area contributed by atoms with Gasteiger partial charge in [-0.15, -0.1) is 0 Å². The Kier molecular flexibility index (Phi) is 5.90. The van der Waals surface area contributed by atoms with Crippen LogP contribution in [0.3, 0.4) is 0 Å². The average Bonchev–Trinajstić information content (AvgIpc) is 3.21. The molecule has 0 aliphatic carbocycles. The summed E-state index contributed by atoms with van der Waals surface area (Å²) in [6.07, 6.45) is 2.14. The second-order valence-electron chi connectivity index (χ2n) is 7.53. The predicted molar refractivity (Wildman–Crippen MR) is 116 cm³/mol. The van der Waals surface area contributed by atoms with Gasteiger partial charge in [0.05, 0.1) is 11.3 Å². The van der Waals surface area contributed by atoms with Crippen LogP contribution in [0.15, 0.2) is 70.5 Å². The van der Waals surface area contributed by atoms with Gasteiger partial charge in [0.15, 0.2) is 6.73 Å². The molecular weight excluding hydrogens is 418 g/mol. The van der Waals surface area contributed by atoms with E-state index in [9.17, 15) is 18.0 Å². The van der Waals surface area contributed by atoms with Crippen LogP contribution < -0.4 is 11.3 Å². The van der Waals surface area contributed by atoms with Gasteiger partial charge >= 0.3 is 5.97 Å². The molecule has 1 fully saturated rings. The van der Waals surface area contributed by atoms with E-state index in [1.165, 1.54) is 21.1 Å². The van der Waals surface area contributed by atoms with E-state index in [2.05, 4.69) is 0 Å². The summed E-state index contributed by atoms with van der Waals surface area (Å²) in [7, 11) is -3.77. The average molecular weight is 442 g/mol. The zero-order chi connectivity index (χ0) is 22.0. The number of benzene rings is 2. The summed E-state index contributed by atoms with van der Waals surface area (Å²) in [5.74, 6) is -0.458. The Morgan fingerprint density at radius 1 is 1.06 bits per heavy atom. The molecule has 2 heterocycles. The van der Waals surface area contributed by atoms with Crippen LogP contribution in [0.1, 0.15) is 12.0 Å². The van der Waals surface area contributed by atoms with Crippen molar-refractivity contribution in [2.75, 3.05) is 13.1 Å². The summed E-state index contributed by atoms with van der Waals surface area (Å²) in [6.45, 7) is 0.361. The quantitative estimate of drug-likeness (QED) is 0.580. The Morgan fingerprint density at radius 3 is 2.55 bits per heavy atom. The van der Waals surface area contributed by atoms with Crippen LogP contribution in [0.4, 0.5) is 0 Å². The molecule has 31 heavy (non-hydrogen) atoms. The molecule has 1 aliphatic rings. The molecule has 1 aromatic heterocycles. The van der Waals surface area contributed by atoms with Crippen LogP contribution in [0.25, 0.3) is 10.8 Å². The molecular formula is C22H23N3O5S. The van der Waals surface area contributed by atoms with Gasteiger partial charge in [-0.3, -0.25) is 14.2 Å². The highest BCUT2D eigenvalue weighted by atomic mass is 32.2. The zero-order valence-electron chi connectivity index (χ0n) is 16.8. The lowest BCUT2D eigenvalue weighted by molar-refractivity contribution is -0.146. The number of hydrogen-bond acceptors (Lipinski definition) is 6. The maximum Gasteiger partial charge on any atom is 0.311 e. The van der Waals surface area contributed by atoms with Crippen molar-refractivity contribution < 1.29 is 17.9 Å². The zero-order valence-corrected chi connectivity index (χ0v) is 17.6. The van der Waals surface area contributed by atoms with E-state index in [0.29, 0.717) is 18.4 Å². The molecule has 0 bridgehead atoms. The summed E-state index contributed by atoms with van der Waals surface area (Å²) in [4.78, 5) is 25.1. The first-order valence-electron chi connectivity index (χ1n) is 9.94. The number of fused-ring (bicyclic) bond motifs is 1. The Morgan fingerprint density at radius 2 is 1.84 bits per heavy atom. The topological polar surface area (TPSA) is 112 Å². The Hall–Kier alpha value is -3.01. The number of nitrogens with zero attached hydrogens (tertiary/aromatic N) is 2. The first kappa shape index (κ1) is 21.2. The van der Waals surface area contributed by atoms with E-state index >= 15 is 0 Å². The van der Waals surface area contributed by atoms with E-state index in [-0.39, 0.29) is 36.0 Å². The number of hydrogen-bond donors (Lipinski definition) is 1. The third-order valence-electron chi connectivity index (χ3n) is 5.34. The molecule has 162 valence electrons. The minimum Gasteiger partial charge on any atom is -0.444 e. The number of aromatic nitrogens is 1. The molecule has 0 saturated carbocycles. The minimum atomic E-state index is -3.77. The van der Waals surface area contributed by atoms with Gasteiger partial charge in [0.25, 0.3) is 5.56 Å². The molecule has 0 spiro atoms. The summed E-state index contributed by atoms with van der Waals surface area (Å²) in [5, 5.41) is 0.575. The molecule has 8 nitrogen and oxygen atoms in total. The first-order valence-corrected chi connectivity index (χ1v) is 11.4. The van der Waals surface area contributed by atoms with Gasteiger partial charge in [-0.25, -0.2) is 8.42 Å². The van der Waals surface area contributed by atoms with Crippen LogP contribution in [-0.4, -0.2) is 42.4 Å². The number of esters is 1. The first-order chi connectivity index (χ1) is 14.9. The number of ether oxygens (including phenoxy) is 1. The molecule has 4 rings (SSSR count). The fourth-order valence-corrected chi connectivity index (χ4v) is 5.40. The smallest absolute Gasteiger partial charge is 0.311 e. The van der Waals surface area contributed by atoms with Gasteiger partial charge < -0.3 is 10.5 Å². The fourth-order valence-electron chi connectivity index (χ4n) is 3.68. The Labute approximate surface area is 179 Å². The monoisotopic (exact) mass is 441 g/mol. The van der Waals surface area contributed by atoms with E-state index in [4.69, 9.17) is 10.5 Å². The van der Waals surface area contributed by atoms with E-state index in [1.807, 2.05) is 30.3 Å². The lowest BCUT2D eigenvalue weighted by Gasteiger charge is -2.17. The number of nitrogens with two attached hydrogens (primary N) is 1. The molecule has 3 aromatic rings. The molecule has 1 atom stereocenters. The Bertz CT molecular complexity index is 1270. The molecule has 1 saturated heterocycles. The standard InChI is InChI=1S/C22H23N3O5S/c23-17-9-12-25(14-17)31(28,29)20-8-4-7-19-18(20)10-11-24(22(19)27)15-30-21(26)13-16-5-2-1-3-6-16/h1-8,10-11,17H,9,12-15,23H2/t17-/m1/s1. The van der Waals surface area contributed by atoms with Gasteiger partial charge in [0, 0.05) is 36.1 Å². The van der Waals surface area contributed by atoms with Crippen LogP contribution in [0.5, 0.6) is 0 Å². The molecule has 0 radical (unpaired) electrons. The van der Waals surface area contributed by atoms with Gasteiger partial charge in [0.2, 0.25) is 10.0 Å². The molecule has 2 aromatic carbocycles. The van der Waals surface area contributed by atoms with Crippen molar-refractivity contribution in [1.29, 1.82) is 0 Å². The van der Waals surface area contributed by atoms with Crippen LogP contribution in [0.2, 0.25) is 0 Å². The number of sulfonamides is 1. The predicted octanol–water partition coefficient (Wildman–Crippen LogP) is 1.47. The lowest BCUT2D eigenvalue weighted by Crippen LogP contribution is -2.32.